The van der Waals surface area contributed by atoms with Crippen molar-refractivity contribution in [3.63, 3.8) is 0 Å². The van der Waals surface area contributed by atoms with E-state index in [1.165, 1.54) is 5.69 Å². The fourth-order valence-electron chi connectivity index (χ4n) is 1.55. The largest absolute Gasteiger partial charge is 0.371 e. The van der Waals surface area contributed by atoms with Crippen molar-refractivity contribution in [1.82, 2.24) is 4.98 Å². The van der Waals surface area contributed by atoms with E-state index in [2.05, 4.69) is 23.7 Å². The number of nitrogens with zero attached hydrogens (tertiary/aromatic N) is 2. The first kappa shape index (κ1) is 11.3. The minimum Gasteiger partial charge on any atom is -0.371 e. The van der Waals surface area contributed by atoms with Crippen molar-refractivity contribution in [2.75, 3.05) is 18.0 Å². The molecule has 0 bridgehead atoms. The lowest BCUT2D eigenvalue weighted by Crippen LogP contribution is -2.24. The van der Waals surface area contributed by atoms with Crippen LogP contribution in [-0.2, 0) is 5.88 Å². The SMILES string of the molecule is CCCN(CC)c1ccncc1CCl. The average Bonchev–Trinajstić information content (AvgIpc) is 2.26. The van der Waals surface area contributed by atoms with Crippen molar-refractivity contribution in [3.8, 4) is 0 Å². The Morgan fingerprint density at radius 1 is 1.43 bits per heavy atom. The predicted octanol–water partition coefficient (Wildman–Crippen LogP) is 3.06. The smallest absolute Gasteiger partial charge is 0.0509 e. The molecule has 0 unspecified atom stereocenters. The average molecular weight is 213 g/mol. The summed E-state index contributed by atoms with van der Waals surface area (Å²) in [6, 6.07) is 2.04. The van der Waals surface area contributed by atoms with E-state index in [0.717, 1.165) is 25.1 Å². The summed E-state index contributed by atoms with van der Waals surface area (Å²) in [7, 11) is 0. The van der Waals surface area contributed by atoms with Crippen LogP contribution in [0.5, 0.6) is 0 Å². The molecule has 0 aliphatic rings. The Hall–Kier alpha value is -0.760. The van der Waals surface area contributed by atoms with Crippen LogP contribution in [0.3, 0.4) is 0 Å². The molecule has 0 saturated carbocycles. The normalized spacial score (nSPS) is 10.2. The first-order chi connectivity index (χ1) is 6.83. The number of halogens is 1. The molecule has 0 aliphatic heterocycles. The molecule has 0 spiro atoms. The number of pyridine rings is 1. The third-order valence-electron chi connectivity index (χ3n) is 2.24. The highest BCUT2D eigenvalue weighted by molar-refractivity contribution is 6.17. The van der Waals surface area contributed by atoms with Crippen molar-refractivity contribution in [3.05, 3.63) is 24.0 Å². The van der Waals surface area contributed by atoms with Gasteiger partial charge in [-0.05, 0) is 19.4 Å². The van der Waals surface area contributed by atoms with Gasteiger partial charge in [0.25, 0.3) is 0 Å². The third-order valence-corrected chi connectivity index (χ3v) is 2.53. The Kier molecular flexibility index (Phi) is 4.74. The summed E-state index contributed by atoms with van der Waals surface area (Å²) in [6.45, 7) is 6.43. The Morgan fingerprint density at radius 2 is 2.21 bits per heavy atom. The Bertz CT molecular complexity index is 276. The standard InChI is InChI=1S/C11H17ClN2/c1-3-7-14(4-2)11-5-6-13-9-10(11)8-12/h5-6,9H,3-4,7-8H2,1-2H3. The van der Waals surface area contributed by atoms with Gasteiger partial charge in [-0.15, -0.1) is 11.6 Å². The molecule has 0 saturated heterocycles. The van der Waals surface area contributed by atoms with Gasteiger partial charge in [-0.3, -0.25) is 4.98 Å². The molecule has 0 radical (unpaired) electrons. The first-order valence-corrected chi connectivity index (χ1v) is 5.60. The zero-order chi connectivity index (χ0) is 10.4. The third kappa shape index (κ3) is 2.61. The molecule has 1 heterocycles. The predicted molar refractivity (Wildman–Crippen MR) is 62.0 cm³/mol. The molecule has 0 fully saturated rings. The van der Waals surface area contributed by atoms with Gasteiger partial charge in [0.1, 0.15) is 0 Å². The van der Waals surface area contributed by atoms with Gasteiger partial charge in [-0.1, -0.05) is 6.92 Å². The lowest BCUT2D eigenvalue weighted by atomic mass is 10.2. The van der Waals surface area contributed by atoms with Crippen molar-refractivity contribution in [2.45, 2.75) is 26.1 Å². The van der Waals surface area contributed by atoms with Crippen molar-refractivity contribution >= 4 is 17.3 Å². The van der Waals surface area contributed by atoms with Gasteiger partial charge in [0, 0.05) is 36.7 Å². The fraction of sp³-hybridized carbons (Fsp3) is 0.545. The Balaban J connectivity index is 2.90. The topological polar surface area (TPSA) is 16.1 Å². The minimum absolute atomic E-state index is 0.531. The molecule has 14 heavy (non-hydrogen) atoms. The van der Waals surface area contributed by atoms with Crippen LogP contribution < -0.4 is 4.90 Å². The quantitative estimate of drug-likeness (QED) is 0.698. The highest BCUT2D eigenvalue weighted by Gasteiger charge is 2.07. The van der Waals surface area contributed by atoms with Crippen molar-refractivity contribution in [2.24, 2.45) is 0 Å². The van der Waals surface area contributed by atoms with Gasteiger partial charge < -0.3 is 4.90 Å². The summed E-state index contributed by atoms with van der Waals surface area (Å²) in [6.07, 6.45) is 4.82. The minimum atomic E-state index is 0.531. The van der Waals surface area contributed by atoms with Crippen molar-refractivity contribution < 1.29 is 0 Å². The summed E-state index contributed by atoms with van der Waals surface area (Å²) in [4.78, 5) is 6.41. The molecule has 0 atom stereocenters. The van der Waals surface area contributed by atoms with E-state index >= 15 is 0 Å². The molecule has 3 heteroatoms. The van der Waals surface area contributed by atoms with Crippen molar-refractivity contribution in [1.29, 1.82) is 0 Å². The lowest BCUT2D eigenvalue weighted by Gasteiger charge is -2.24. The molecule has 1 aromatic rings. The van der Waals surface area contributed by atoms with E-state index in [4.69, 9.17) is 11.6 Å². The highest BCUT2D eigenvalue weighted by Crippen LogP contribution is 2.20. The number of rotatable bonds is 5. The Labute approximate surface area is 90.9 Å². The van der Waals surface area contributed by atoms with Gasteiger partial charge in [-0.2, -0.15) is 0 Å². The Morgan fingerprint density at radius 3 is 2.79 bits per heavy atom. The zero-order valence-electron chi connectivity index (χ0n) is 8.83. The number of anilines is 1. The number of hydrogen-bond acceptors (Lipinski definition) is 2. The molecular formula is C11H17ClN2. The summed E-state index contributed by atoms with van der Waals surface area (Å²) in [5.74, 6) is 0.531. The maximum atomic E-state index is 5.87. The second-order valence-electron chi connectivity index (χ2n) is 3.22. The fourth-order valence-corrected chi connectivity index (χ4v) is 1.76. The summed E-state index contributed by atoms with van der Waals surface area (Å²) < 4.78 is 0. The van der Waals surface area contributed by atoms with E-state index < -0.39 is 0 Å². The van der Waals surface area contributed by atoms with E-state index in [-0.39, 0.29) is 0 Å². The monoisotopic (exact) mass is 212 g/mol. The van der Waals surface area contributed by atoms with Gasteiger partial charge in [0.15, 0.2) is 0 Å². The van der Waals surface area contributed by atoms with Crippen LogP contribution in [0.1, 0.15) is 25.8 Å². The molecule has 0 aliphatic carbocycles. The van der Waals surface area contributed by atoms with Crippen LogP contribution in [0, 0.1) is 0 Å². The van der Waals surface area contributed by atoms with E-state index in [9.17, 15) is 0 Å². The molecule has 1 aromatic heterocycles. The van der Waals surface area contributed by atoms with Crippen LogP contribution >= 0.6 is 11.6 Å². The van der Waals surface area contributed by atoms with E-state index in [1.54, 1.807) is 0 Å². The van der Waals surface area contributed by atoms with Gasteiger partial charge >= 0.3 is 0 Å². The molecule has 0 amide bonds. The second-order valence-corrected chi connectivity index (χ2v) is 3.48. The molecular weight excluding hydrogens is 196 g/mol. The maximum absolute atomic E-state index is 5.87. The van der Waals surface area contributed by atoms with E-state index in [0.29, 0.717) is 5.88 Å². The summed E-state index contributed by atoms with van der Waals surface area (Å²) in [5, 5.41) is 0. The molecule has 1 rings (SSSR count). The summed E-state index contributed by atoms with van der Waals surface area (Å²) >= 11 is 5.87. The number of alkyl halides is 1. The zero-order valence-corrected chi connectivity index (χ0v) is 9.59. The van der Waals surface area contributed by atoms with Crippen LogP contribution in [0.25, 0.3) is 0 Å². The first-order valence-electron chi connectivity index (χ1n) is 5.07. The molecule has 0 aromatic carbocycles. The van der Waals surface area contributed by atoms with Crippen LogP contribution in [-0.4, -0.2) is 18.1 Å². The van der Waals surface area contributed by atoms with Gasteiger partial charge in [0.2, 0.25) is 0 Å². The summed E-state index contributed by atoms with van der Waals surface area (Å²) in [5.41, 5.74) is 2.34. The number of aromatic nitrogens is 1. The molecule has 0 N–H and O–H groups in total. The van der Waals surface area contributed by atoms with Gasteiger partial charge in [-0.25, -0.2) is 0 Å². The number of hydrogen-bond donors (Lipinski definition) is 0. The van der Waals surface area contributed by atoms with Gasteiger partial charge in [0.05, 0.1) is 5.88 Å². The van der Waals surface area contributed by atoms with Crippen LogP contribution in [0.2, 0.25) is 0 Å². The van der Waals surface area contributed by atoms with E-state index in [1.807, 2.05) is 18.5 Å². The van der Waals surface area contributed by atoms with Crippen LogP contribution in [0.4, 0.5) is 5.69 Å². The highest BCUT2D eigenvalue weighted by atomic mass is 35.5. The second kappa shape index (κ2) is 5.86. The maximum Gasteiger partial charge on any atom is 0.0509 e. The van der Waals surface area contributed by atoms with Crippen LogP contribution in [0.15, 0.2) is 18.5 Å². The molecule has 2 nitrogen and oxygen atoms in total. The molecule has 78 valence electrons. The lowest BCUT2D eigenvalue weighted by molar-refractivity contribution is 0.787.